The lowest BCUT2D eigenvalue weighted by Gasteiger charge is -2.08. The number of hydrogen-bond donors (Lipinski definition) is 2. The van der Waals surface area contributed by atoms with E-state index in [1.54, 1.807) is 36.4 Å². The second-order valence-electron chi connectivity index (χ2n) is 3.71. The number of phenols is 1. The predicted octanol–water partition coefficient (Wildman–Crippen LogP) is 2.65. The fraction of sp³-hybridized carbons (Fsp3) is 0.0714. The molecule has 0 radical (unpaired) electrons. The molecule has 0 aromatic heterocycles. The molecule has 0 unspecified atom stereocenters. The van der Waals surface area contributed by atoms with Crippen LogP contribution < -0.4 is 10.1 Å². The van der Waals surface area contributed by atoms with Crippen molar-refractivity contribution in [3.8, 4) is 11.5 Å². The van der Waals surface area contributed by atoms with Gasteiger partial charge in [-0.1, -0.05) is 18.2 Å². The molecule has 0 atom stereocenters. The minimum absolute atomic E-state index is 0.0108. The van der Waals surface area contributed by atoms with Crippen LogP contribution in [0, 0.1) is 0 Å². The van der Waals surface area contributed by atoms with Crippen LogP contribution in [0.2, 0.25) is 0 Å². The molecular formula is C14H13NO3. The van der Waals surface area contributed by atoms with E-state index >= 15 is 0 Å². The molecule has 0 saturated heterocycles. The Labute approximate surface area is 105 Å². The first-order valence-electron chi connectivity index (χ1n) is 5.44. The number of rotatable bonds is 3. The lowest BCUT2D eigenvalue weighted by Crippen LogP contribution is -2.11. The first kappa shape index (κ1) is 12.0. The molecule has 0 bridgehead atoms. The third-order valence-electron chi connectivity index (χ3n) is 2.47. The summed E-state index contributed by atoms with van der Waals surface area (Å²) in [6.45, 7) is 0. The summed E-state index contributed by atoms with van der Waals surface area (Å²) in [6.07, 6.45) is 0. The Hall–Kier alpha value is -2.49. The lowest BCUT2D eigenvalue weighted by molar-refractivity contribution is 0.102. The highest BCUT2D eigenvalue weighted by Crippen LogP contribution is 2.28. The van der Waals surface area contributed by atoms with Crippen LogP contribution in [0.5, 0.6) is 11.5 Å². The third kappa shape index (κ3) is 2.60. The van der Waals surface area contributed by atoms with Gasteiger partial charge in [-0.25, -0.2) is 0 Å². The number of carbonyl (C=O) groups is 1. The van der Waals surface area contributed by atoms with Gasteiger partial charge in [0, 0.05) is 17.3 Å². The zero-order valence-corrected chi connectivity index (χ0v) is 9.88. The van der Waals surface area contributed by atoms with Gasteiger partial charge in [0.05, 0.1) is 7.11 Å². The van der Waals surface area contributed by atoms with E-state index in [-0.39, 0.29) is 11.7 Å². The van der Waals surface area contributed by atoms with Gasteiger partial charge in [0.15, 0.2) is 11.5 Å². The lowest BCUT2D eigenvalue weighted by atomic mass is 10.2. The van der Waals surface area contributed by atoms with Crippen LogP contribution in [0.1, 0.15) is 10.4 Å². The summed E-state index contributed by atoms with van der Waals surface area (Å²) in [5, 5.41) is 12.3. The van der Waals surface area contributed by atoms with Crippen molar-refractivity contribution in [2.45, 2.75) is 0 Å². The molecular weight excluding hydrogens is 230 g/mol. The Kier molecular flexibility index (Phi) is 3.48. The van der Waals surface area contributed by atoms with Crippen molar-refractivity contribution in [2.24, 2.45) is 0 Å². The number of ether oxygens (including phenoxy) is 1. The van der Waals surface area contributed by atoms with Crippen molar-refractivity contribution in [3.05, 3.63) is 54.1 Å². The molecule has 2 rings (SSSR count). The first-order valence-corrected chi connectivity index (χ1v) is 5.44. The summed E-state index contributed by atoms with van der Waals surface area (Å²) < 4.78 is 4.93. The molecule has 0 fully saturated rings. The summed E-state index contributed by atoms with van der Waals surface area (Å²) in [5.41, 5.74) is 1.08. The maximum absolute atomic E-state index is 11.9. The van der Waals surface area contributed by atoms with Crippen LogP contribution in [0.25, 0.3) is 0 Å². The smallest absolute Gasteiger partial charge is 0.255 e. The fourth-order valence-corrected chi connectivity index (χ4v) is 1.56. The molecule has 0 spiro atoms. The summed E-state index contributed by atoms with van der Waals surface area (Å²) in [4.78, 5) is 11.9. The minimum Gasteiger partial charge on any atom is -0.504 e. The van der Waals surface area contributed by atoms with E-state index in [0.717, 1.165) is 0 Å². The second-order valence-corrected chi connectivity index (χ2v) is 3.71. The summed E-state index contributed by atoms with van der Waals surface area (Å²) >= 11 is 0. The van der Waals surface area contributed by atoms with Crippen molar-refractivity contribution in [1.29, 1.82) is 0 Å². The Bertz CT molecular complexity index is 552. The maximum atomic E-state index is 11.9. The molecule has 2 aromatic rings. The zero-order chi connectivity index (χ0) is 13.0. The molecule has 0 aliphatic carbocycles. The van der Waals surface area contributed by atoms with E-state index in [2.05, 4.69) is 5.32 Å². The van der Waals surface area contributed by atoms with Crippen molar-refractivity contribution in [1.82, 2.24) is 0 Å². The van der Waals surface area contributed by atoms with Crippen molar-refractivity contribution >= 4 is 11.6 Å². The number of phenolic OH excluding ortho intramolecular Hbond substituents is 1. The molecule has 2 aromatic carbocycles. The summed E-state index contributed by atoms with van der Waals surface area (Å²) in [5.74, 6) is 0.135. The second kappa shape index (κ2) is 5.23. The van der Waals surface area contributed by atoms with E-state index in [1.807, 2.05) is 6.07 Å². The Morgan fingerprint density at radius 3 is 2.50 bits per heavy atom. The monoisotopic (exact) mass is 243 g/mol. The average Bonchev–Trinajstić information content (AvgIpc) is 2.40. The predicted molar refractivity (Wildman–Crippen MR) is 69.1 cm³/mol. The Morgan fingerprint density at radius 2 is 1.89 bits per heavy atom. The number of anilines is 1. The number of amides is 1. The van der Waals surface area contributed by atoms with Crippen LogP contribution in [0.3, 0.4) is 0 Å². The highest BCUT2D eigenvalue weighted by atomic mass is 16.5. The third-order valence-corrected chi connectivity index (χ3v) is 2.47. The number of aromatic hydroxyl groups is 1. The van der Waals surface area contributed by atoms with Gasteiger partial charge in [0.1, 0.15) is 0 Å². The van der Waals surface area contributed by atoms with Crippen molar-refractivity contribution in [2.75, 3.05) is 12.4 Å². The summed E-state index contributed by atoms with van der Waals surface area (Å²) in [6, 6.07) is 13.6. The molecule has 0 aliphatic heterocycles. The number of methoxy groups -OCH3 is 1. The molecule has 2 N–H and O–H groups in total. The first-order chi connectivity index (χ1) is 8.70. The molecule has 4 heteroatoms. The summed E-state index contributed by atoms with van der Waals surface area (Å²) in [7, 11) is 1.47. The highest BCUT2D eigenvalue weighted by Gasteiger charge is 2.07. The Balaban J connectivity index is 2.15. The molecule has 18 heavy (non-hydrogen) atoms. The van der Waals surface area contributed by atoms with E-state index in [9.17, 15) is 9.90 Å². The topological polar surface area (TPSA) is 58.6 Å². The van der Waals surface area contributed by atoms with Gasteiger partial charge in [0.2, 0.25) is 0 Å². The molecule has 0 saturated carbocycles. The van der Waals surface area contributed by atoms with Crippen LogP contribution in [0.4, 0.5) is 5.69 Å². The molecule has 92 valence electrons. The SMILES string of the molecule is COc1ccc(NC(=O)c2ccccc2)cc1O. The van der Waals surface area contributed by atoms with Crippen LogP contribution in [-0.4, -0.2) is 18.1 Å². The van der Waals surface area contributed by atoms with Gasteiger partial charge in [-0.2, -0.15) is 0 Å². The number of nitrogens with one attached hydrogen (secondary N) is 1. The molecule has 1 amide bonds. The zero-order valence-electron chi connectivity index (χ0n) is 9.88. The molecule has 4 nitrogen and oxygen atoms in total. The molecule has 0 aliphatic rings. The minimum atomic E-state index is -0.222. The Morgan fingerprint density at radius 1 is 1.17 bits per heavy atom. The van der Waals surface area contributed by atoms with E-state index in [0.29, 0.717) is 17.0 Å². The van der Waals surface area contributed by atoms with Gasteiger partial charge in [-0.05, 0) is 24.3 Å². The van der Waals surface area contributed by atoms with E-state index < -0.39 is 0 Å². The van der Waals surface area contributed by atoms with E-state index in [1.165, 1.54) is 13.2 Å². The average molecular weight is 243 g/mol. The van der Waals surface area contributed by atoms with Crippen LogP contribution in [-0.2, 0) is 0 Å². The standard InChI is InChI=1S/C14H13NO3/c1-18-13-8-7-11(9-12(13)16)15-14(17)10-5-3-2-4-6-10/h2-9,16H,1H3,(H,15,17). The van der Waals surface area contributed by atoms with Crippen molar-refractivity contribution in [3.63, 3.8) is 0 Å². The fourth-order valence-electron chi connectivity index (χ4n) is 1.56. The molecule has 0 heterocycles. The number of benzene rings is 2. The number of hydrogen-bond acceptors (Lipinski definition) is 3. The largest absolute Gasteiger partial charge is 0.504 e. The number of carbonyl (C=O) groups excluding carboxylic acids is 1. The van der Waals surface area contributed by atoms with Gasteiger partial charge in [0.25, 0.3) is 5.91 Å². The van der Waals surface area contributed by atoms with Crippen LogP contribution in [0.15, 0.2) is 48.5 Å². The van der Waals surface area contributed by atoms with Crippen molar-refractivity contribution < 1.29 is 14.6 Å². The van der Waals surface area contributed by atoms with E-state index in [4.69, 9.17) is 4.74 Å². The van der Waals surface area contributed by atoms with Gasteiger partial charge >= 0.3 is 0 Å². The van der Waals surface area contributed by atoms with Gasteiger partial charge in [-0.15, -0.1) is 0 Å². The maximum Gasteiger partial charge on any atom is 0.255 e. The van der Waals surface area contributed by atoms with Gasteiger partial charge in [-0.3, -0.25) is 4.79 Å². The quantitative estimate of drug-likeness (QED) is 0.871. The normalized spacial score (nSPS) is 9.83. The highest BCUT2D eigenvalue weighted by molar-refractivity contribution is 6.04. The van der Waals surface area contributed by atoms with Gasteiger partial charge < -0.3 is 15.2 Å². The van der Waals surface area contributed by atoms with Crippen LogP contribution >= 0.6 is 0 Å².